The van der Waals surface area contributed by atoms with Gasteiger partial charge in [-0.1, -0.05) is 18.5 Å². The summed E-state index contributed by atoms with van der Waals surface area (Å²) in [6.45, 7) is 3.93. The van der Waals surface area contributed by atoms with Crippen molar-refractivity contribution in [3.05, 3.63) is 51.6 Å². The van der Waals surface area contributed by atoms with Crippen LogP contribution in [0.1, 0.15) is 58.3 Å². The number of benzene rings is 1. The number of rotatable bonds is 6. The lowest BCUT2D eigenvalue weighted by molar-refractivity contribution is -0.164. The molecule has 196 valence electrons. The third-order valence-corrected chi connectivity index (χ3v) is 8.11. The molecule has 3 N–H and O–H groups in total. The molecule has 1 aliphatic heterocycles. The minimum Gasteiger partial charge on any atom is -0.357 e. The lowest BCUT2D eigenvalue weighted by atomic mass is 9.72. The van der Waals surface area contributed by atoms with Crippen LogP contribution in [0.5, 0.6) is 0 Å². The van der Waals surface area contributed by atoms with E-state index in [4.69, 9.17) is 11.6 Å². The molecule has 8 nitrogen and oxygen atoms in total. The number of amides is 3. The van der Waals surface area contributed by atoms with Gasteiger partial charge in [0.2, 0.25) is 5.91 Å². The van der Waals surface area contributed by atoms with Crippen molar-refractivity contribution >= 4 is 40.8 Å². The fourth-order valence-corrected chi connectivity index (χ4v) is 6.03. The van der Waals surface area contributed by atoms with Gasteiger partial charge in [-0.15, -0.1) is 0 Å². The second kappa shape index (κ2) is 8.08. The van der Waals surface area contributed by atoms with Gasteiger partial charge in [0.1, 0.15) is 17.1 Å². The molecule has 37 heavy (non-hydrogen) atoms. The fourth-order valence-electron chi connectivity index (χ4n) is 5.85. The average Bonchev–Trinajstić information content (AvgIpc) is 3.23. The van der Waals surface area contributed by atoms with E-state index in [0.717, 1.165) is 12.5 Å². The highest BCUT2D eigenvalue weighted by atomic mass is 35.5. The number of nitrogens with one attached hydrogen (secondary N) is 3. The van der Waals surface area contributed by atoms with Crippen LogP contribution >= 0.6 is 11.6 Å². The van der Waals surface area contributed by atoms with Crippen LogP contribution in [-0.2, 0) is 21.5 Å². The van der Waals surface area contributed by atoms with Gasteiger partial charge in [-0.2, -0.15) is 0 Å². The van der Waals surface area contributed by atoms with Gasteiger partial charge in [0.05, 0.1) is 10.6 Å². The highest BCUT2D eigenvalue weighted by molar-refractivity contribution is 6.44. The van der Waals surface area contributed by atoms with Gasteiger partial charge in [-0.25, -0.2) is 13.2 Å². The van der Waals surface area contributed by atoms with E-state index in [0.29, 0.717) is 12.2 Å². The summed E-state index contributed by atoms with van der Waals surface area (Å²) in [5.41, 5.74) is -1.10. The molecule has 2 saturated carbocycles. The Bertz CT molecular complexity index is 1400. The Morgan fingerprint density at radius 1 is 1.16 bits per heavy atom. The van der Waals surface area contributed by atoms with Crippen LogP contribution in [0.25, 0.3) is 0 Å². The SMILES string of the molecule is CNC(=O)C1(NC(=O)C(=O)c2c(C)c(C(=O)Nc3ccc(F)c(Cl)c3)n3c2C2(C)C[C@H]2C3)CC(F)(F)C1. The van der Waals surface area contributed by atoms with Gasteiger partial charge in [0, 0.05) is 43.2 Å². The number of carbonyl (C=O) groups is 4. The molecule has 2 fully saturated rings. The molecular formula is C25H24ClF3N4O4. The fraction of sp³-hybridized carbons (Fsp3) is 0.440. The van der Waals surface area contributed by atoms with E-state index in [2.05, 4.69) is 16.0 Å². The van der Waals surface area contributed by atoms with Crippen molar-refractivity contribution in [1.82, 2.24) is 15.2 Å². The summed E-state index contributed by atoms with van der Waals surface area (Å²) in [6, 6.07) is 3.70. The summed E-state index contributed by atoms with van der Waals surface area (Å²) in [5.74, 6) is -7.20. The number of carbonyl (C=O) groups excluding carboxylic acids is 4. The zero-order valence-electron chi connectivity index (χ0n) is 20.2. The molecule has 1 unspecified atom stereocenters. The maximum Gasteiger partial charge on any atom is 0.293 e. The smallest absolute Gasteiger partial charge is 0.293 e. The topological polar surface area (TPSA) is 109 Å². The number of anilines is 1. The van der Waals surface area contributed by atoms with E-state index in [1.54, 1.807) is 4.57 Å². The van der Waals surface area contributed by atoms with Gasteiger partial charge in [-0.3, -0.25) is 19.2 Å². The van der Waals surface area contributed by atoms with Crippen LogP contribution in [0.3, 0.4) is 0 Å². The standard InChI is InChI=1S/C25H24ClF3N4O4/c1-11-16(18(34)21(36)32-24(22(37)30-3)9-25(28,29)10-24)19-23(2)7-12(23)8-33(19)17(11)20(35)31-13-4-5-15(27)14(26)6-13/h4-6,12H,7-10H2,1-3H3,(H,30,37)(H,31,35)(H,32,36)/t12-,23?/m0/s1. The lowest BCUT2D eigenvalue weighted by Gasteiger charge is -2.45. The third kappa shape index (κ3) is 3.82. The molecule has 1 aromatic carbocycles. The Balaban J connectivity index is 1.48. The van der Waals surface area contributed by atoms with Gasteiger partial charge < -0.3 is 20.5 Å². The van der Waals surface area contributed by atoms with Crippen LogP contribution in [-0.4, -0.2) is 46.6 Å². The van der Waals surface area contributed by atoms with Crippen molar-refractivity contribution in [2.24, 2.45) is 5.92 Å². The Labute approximate surface area is 214 Å². The molecule has 2 heterocycles. The predicted octanol–water partition coefficient (Wildman–Crippen LogP) is 3.35. The quantitative estimate of drug-likeness (QED) is 0.388. The Morgan fingerprint density at radius 2 is 1.84 bits per heavy atom. The molecule has 0 saturated heterocycles. The minimum absolute atomic E-state index is 0.0282. The highest BCUT2D eigenvalue weighted by Gasteiger charge is 2.63. The Hall–Kier alpha value is -3.34. The first kappa shape index (κ1) is 25.3. The van der Waals surface area contributed by atoms with Crippen LogP contribution in [0.15, 0.2) is 18.2 Å². The number of likely N-dealkylation sites (N-methyl/N-ethyl adjacent to an activating group) is 1. The molecule has 3 aliphatic rings. The molecule has 0 radical (unpaired) electrons. The maximum atomic E-state index is 13.7. The van der Waals surface area contributed by atoms with E-state index in [1.807, 2.05) is 6.92 Å². The second-order valence-corrected chi connectivity index (χ2v) is 10.8. The van der Waals surface area contributed by atoms with Crippen molar-refractivity contribution in [2.75, 3.05) is 12.4 Å². The number of alkyl halides is 2. The largest absolute Gasteiger partial charge is 0.357 e. The van der Waals surface area contributed by atoms with Crippen molar-refractivity contribution < 1.29 is 32.3 Å². The van der Waals surface area contributed by atoms with Gasteiger partial charge in [0.25, 0.3) is 23.5 Å². The zero-order valence-corrected chi connectivity index (χ0v) is 21.0. The summed E-state index contributed by atoms with van der Waals surface area (Å²) in [7, 11) is 1.26. The molecule has 2 aromatic rings. The van der Waals surface area contributed by atoms with E-state index in [9.17, 15) is 32.3 Å². The van der Waals surface area contributed by atoms with Gasteiger partial charge >= 0.3 is 0 Å². The Morgan fingerprint density at radius 3 is 2.43 bits per heavy atom. The summed E-state index contributed by atoms with van der Waals surface area (Å²) in [4.78, 5) is 52.1. The molecule has 2 atom stereocenters. The summed E-state index contributed by atoms with van der Waals surface area (Å²) < 4.78 is 42.6. The van der Waals surface area contributed by atoms with Crippen LogP contribution in [0, 0.1) is 18.7 Å². The van der Waals surface area contributed by atoms with Crippen LogP contribution in [0.2, 0.25) is 5.02 Å². The number of Topliss-reactive ketones (excluding diaryl/α,β-unsaturated/α-hetero) is 1. The number of fused-ring (bicyclic) bond motifs is 3. The predicted molar refractivity (Wildman–Crippen MR) is 127 cm³/mol. The first-order chi connectivity index (χ1) is 17.2. The molecule has 3 amide bonds. The monoisotopic (exact) mass is 536 g/mol. The molecule has 12 heteroatoms. The van der Waals surface area contributed by atoms with E-state index >= 15 is 0 Å². The van der Waals surface area contributed by atoms with Crippen LogP contribution < -0.4 is 16.0 Å². The molecule has 0 bridgehead atoms. The van der Waals surface area contributed by atoms with E-state index < -0.39 is 59.0 Å². The van der Waals surface area contributed by atoms with Gasteiger partial charge in [-0.05, 0) is 43.0 Å². The third-order valence-electron chi connectivity index (χ3n) is 7.82. The van der Waals surface area contributed by atoms with E-state index in [-0.39, 0.29) is 33.4 Å². The molecule has 0 spiro atoms. The minimum atomic E-state index is -3.14. The number of ketones is 1. The summed E-state index contributed by atoms with van der Waals surface area (Å²) in [6.07, 6.45) is -1.07. The zero-order chi connectivity index (χ0) is 27.1. The number of aromatic nitrogens is 1. The molecular weight excluding hydrogens is 513 g/mol. The van der Waals surface area contributed by atoms with Crippen molar-refractivity contribution in [3.63, 3.8) is 0 Å². The number of hydrogen-bond acceptors (Lipinski definition) is 4. The van der Waals surface area contributed by atoms with E-state index in [1.165, 1.54) is 26.1 Å². The number of halogens is 4. The normalized spacial score (nSPS) is 23.8. The first-order valence-corrected chi connectivity index (χ1v) is 12.1. The average molecular weight is 537 g/mol. The summed E-state index contributed by atoms with van der Waals surface area (Å²) in [5, 5.41) is 6.98. The summed E-state index contributed by atoms with van der Waals surface area (Å²) >= 11 is 5.82. The van der Waals surface area contributed by atoms with Crippen molar-refractivity contribution in [3.8, 4) is 0 Å². The lowest BCUT2D eigenvalue weighted by Crippen LogP contribution is -2.69. The van der Waals surface area contributed by atoms with Crippen molar-refractivity contribution in [2.45, 2.75) is 56.5 Å². The first-order valence-electron chi connectivity index (χ1n) is 11.7. The second-order valence-electron chi connectivity index (χ2n) is 10.4. The molecule has 1 aromatic heterocycles. The van der Waals surface area contributed by atoms with Crippen LogP contribution in [0.4, 0.5) is 18.9 Å². The molecule has 2 aliphatic carbocycles. The number of hydrogen-bond donors (Lipinski definition) is 3. The van der Waals surface area contributed by atoms with Crippen molar-refractivity contribution in [1.29, 1.82) is 0 Å². The highest BCUT2D eigenvalue weighted by Crippen LogP contribution is 2.61. The Kier molecular flexibility index (Phi) is 5.53. The molecule has 5 rings (SSSR count). The number of nitrogens with zero attached hydrogens (tertiary/aromatic N) is 1. The maximum absolute atomic E-state index is 13.7. The van der Waals surface area contributed by atoms with Gasteiger partial charge in [0.15, 0.2) is 0 Å².